The largest absolute Gasteiger partial charge is 0.507 e. The van der Waals surface area contributed by atoms with Gasteiger partial charge in [0.1, 0.15) is 5.75 Å². The van der Waals surface area contributed by atoms with Gasteiger partial charge in [-0.15, -0.1) is 0 Å². The molecule has 0 unspecified atom stereocenters. The predicted octanol–water partition coefficient (Wildman–Crippen LogP) is 1.75. The molecule has 0 amide bonds. The van der Waals surface area contributed by atoms with E-state index in [4.69, 9.17) is 0 Å². The number of hydrogen-bond donors (Lipinski definition) is 2. The lowest BCUT2D eigenvalue weighted by molar-refractivity contribution is 0.474. The van der Waals surface area contributed by atoms with Crippen molar-refractivity contribution in [2.24, 2.45) is 5.10 Å². The number of nitrogens with one attached hydrogen (secondary N) is 1. The zero-order valence-corrected chi connectivity index (χ0v) is 11.7. The van der Waals surface area contributed by atoms with Crippen LogP contribution >= 0.6 is 0 Å². The smallest absolute Gasteiger partial charge is 0.364 e. The molecule has 0 atom stereocenters. The van der Waals surface area contributed by atoms with Crippen LogP contribution in [-0.4, -0.2) is 26.2 Å². The number of para-hydroxylation sites is 1. The van der Waals surface area contributed by atoms with Gasteiger partial charge in [-0.05, 0) is 17.7 Å². The summed E-state index contributed by atoms with van der Waals surface area (Å²) in [6.07, 6.45) is 1.92. The maximum absolute atomic E-state index is 11.8. The summed E-state index contributed by atoms with van der Waals surface area (Å²) in [7, 11) is 0. The van der Waals surface area contributed by atoms with Crippen molar-refractivity contribution in [1.82, 2.24) is 14.9 Å². The number of H-pyrrole nitrogens is 1. The zero-order chi connectivity index (χ0) is 15.4. The molecule has 2 aromatic carbocycles. The van der Waals surface area contributed by atoms with Crippen LogP contribution in [0.1, 0.15) is 17.0 Å². The second-order valence-corrected chi connectivity index (χ2v) is 4.72. The summed E-state index contributed by atoms with van der Waals surface area (Å²) < 4.78 is 1.19. The van der Waals surface area contributed by atoms with Gasteiger partial charge in [0.2, 0.25) is 0 Å². The van der Waals surface area contributed by atoms with Crippen molar-refractivity contribution < 1.29 is 5.11 Å². The maximum atomic E-state index is 11.8. The summed E-state index contributed by atoms with van der Waals surface area (Å²) in [6.45, 7) is 0. The predicted molar refractivity (Wildman–Crippen MR) is 83.2 cm³/mol. The van der Waals surface area contributed by atoms with Gasteiger partial charge in [0.05, 0.1) is 6.21 Å². The summed E-state index contributed by atoms with van der Waals surface area (Å²) in [5.41, 5.74) is 1.14. The lowest BCUT2D eigenvalue weighted by Crippen LogP contribution is -2.15. The fourth-order valence-corrected chi connectivity index (χ4v) is 2.05. The van der Waals surface area contributed by atoms with Gasteiger partial charge in [-0.1, -0.05) is 42.5 Å². The third-order valence-corrected chi connectivity index (χ3v) is 3.17. The van der Waals surface area contributed by atoms with Gasteiger partial charge in [0.25, 0.3) is 0 Å². The number of aromatic amines is 1. The zero-order valence-electron chi connectivity index (χ0n) is 11.7. The highest BCUT2D eigenvalue weighted by atomic mass is 16.3. The Morgan fingerprint density at radius 1 is 1.14 bits per heavy atom. The van der Waals surface area contributed by atoms with E-state index in [1.165, 1.54) is 10.9 Å². The van der Waals surface area contributed by atoms with Crippen LogP contribution in [0.4, 0.5) is 0 Å². The van der Waals surface area contributed by atoms with E-state index in [0.717, 1.165) is 5.56 Å². The molecule has 1 aromatic heterocycles. The lowest BCUT2D eigenvalue weighted by Gasteiger charge is -2.01. The second kappa shape index (κ2) is 6.09. The fourth-order valence-electron chi connectivity index (χ4n) is 2.05. The standard InChI is InChI=1S/C16H14N4O2/c21-14-9-5-4-8-13(14)11-17-20-15(18-19-16(20)22)10-12-6-2-1-3-7-12/h1-9,11,21H,10H2,(H,19,22). The summed E-state index contributed by atoms with van der Waals surface area (Å²) in [5.74, 6) is 0.607. The molecule has 1 heterocycles. The minimum Gasteiger partial charge on any atom is -0.507 e. The van der Waals surface area contributed by atoms with Gasteiger partial charge in [-0.2, -0.15) is 14.9 Å². The number of phenols is 1. The Hall–Kier alpha value is -3.15. The van der Waals surface area contributed by atoms with E-state index < -0.39 is 5.69 Å². The highest BCUT2D eigenvalue weighted by molar-refractivity contribution is 5.83. The molecule has 0 spiro atoms. The molecular weight excluding hydrogens is 280 g/mol. The third-order valence-electron chi connectivity index (χ3n) is 3.17. The highest BCUT2D eigenvalue weighted by Gasteiger charge is 2.08. The number of rotatable bonds is 4. The van der Waals surface area contributed by atoms with Gasteiger partial charge in [-0.25, -0.2) is 9.89 Å². The van der Waals surface area contributed by atoms with E-state index in [9.17, 15) is 9.90 Å². The summed E-state index contributed by atoms with van der Waals surface area (Å²) in [4.78, 5) is 11.8. The van der Waals surface area contributed by atoms with Crippen LogP contribution in [0.15, 0.2) is 64.5 Å². The summed E-state index contributed by atoms with van der Waals surface area (Å²) in [6, 6.07) is 16.5. The molecule has 110 valence electrons. The number of aromatic hydroxyl groups is 1. The molecule has 6 nitrogen and oxygen atoms in total. The third kappa shape index (κ3) is 2.95. The van der Waals surface area contributed by atoms with E-state index in [0.29, 0.717) is 17.8 Å². The Kier molecular flexibility index (Phi) is 3.82. The van der Waals surface area contributed by atoms with Crippen molar-refractivity contribution in [2.45, 2.75) is 6.42 Å². The Morgan fingerprint density at radius 2 is 1.86 bits per heavy atom. The van der Waals surface area contributed by atoms with E-state index in [1.54, 1.807) is 24.3 Å². The molecule has 0 radical (unpaired) electrons. The first-order valence-electron chi connectivity index (χ1n) is 6.76. The Bertz CT molecular complexity index is 850. The topological polar surface area (TPSA) is 83.3 Å². The first-order chi connectivity index (χ1) is 10.7. The van der Waals surface area contributed by atoms with Gasteiger partial charge >= 0.3 is 5.69 Å². The molecule has 0 fully saturated rings. The monoisotopic (exact) mass is 294 g/mol. The maximum Gasteiger partial charge on any atom is 0.364 e. The number of benzene rings is 2. The van der Waals surface area contributed by atoms with Crippen molar-refractivity contribution in [2.75, 3.05) is 0 Å². The molecule has 6 heteroatoms. The van der Waals surface area contributed by atoms with Crippen molar-refractivity contribution in [1.29, 1.82) is 0 Å². The second-order valence-electron chi connectivity index (χ2n) is 4.72. The number of hydrogen-bond acceptors (Lipinski definition) is 4. The normalized spacial score (nSPS) is 11.1. The molecule has 0 aliphatic carbocycles. The summed E-state index contributed by atoms with van der Waals surface area (Å²) in [5, 5.41) is 20.2. The molecule has 0 aliphatic heterocycles. The van der Waals surface area contributed by atoms with Gasteiger partial charge in [0, 0.05) is 12.0 Å². The van der Waals surface area contributed by atoms with Crippen molar-refractivity contribution in [3.8, 4) is 5.75 Å². The average molecular weight is 294 g/mol. The van der Waals surface area contributed by atoms with Gasteiger partial charge < -0.3 is 5.11 Å². The molecule has 3 aromatic rings. The molecule has 0 saturated carbocycles. The van der Waals surface area contributed by atoms with Crippen LogP contribution in [0.5, 0.6) is 5.75 Å². The van der Waals surface area contributed by atoms with Crippen molar-refractivity contribution in [3.05, 3.63) is 82.0 Å². The van der Waals surface area contributed by atoms with Crippen molar-refractivity contribution >= 4 is 6.21 Å². The molecule has 0 saturated heterocycles. The Labute approximate surface area is 126 Å². The van der Waals surface area contributed by atoms with Crippen LogP contribution in [0.2, 0.25) is 0 Å². The highest BCUT2D eigenvalue weighted by Crippen LogP contribution is 2.13. The Balaban J connectivity index is 1.90. The van der Waals surface area contributed by atoms with Crippen molar-refractivity contribution in [3.63, 3.8) is 0 Å². The first-order valence-corrected chi connectivity index (χ1v) is 6.76. The van der Waals surface area contributed by atoms with E-state index in [1.807, 2.05) is 30.3 Å². The first kappa shape index (κ1) is 13.8. The van der Waals surface area contributed by atoms with Gasteiger partial charge in [-0.3, -0.25) is 0 Å². The quantitative estimate of drug-likeness (QED) is 0.719. The molecular formula is C16H14N4O2. The SMILES string of the molecule is O=c1[nH]nc(Cc2ccccc2)n1N=Cc1ccccc1O. The van der Waals surface area contributed by atoms with Crippen LogP contribution in [-0.2, 0) is 6.42 Å². The van der Waals surface area contributed by atoms with Crippen LogP contribution < -0.4 is 5.69 Å². The van der Waals surface area contributed by atoms with Crippen LogP contribution in [0.25, 0.3) is 0 Å². The summed E-state index contributed by atoms with van der Waals surface area (Å²) >= 11 is 0. The fraction of sp³-hybridized carbons (Fsp3) is 0.0625. The lowest BCUT2D eigenvalue weighted by atomic mass is 10.1. The molecule has 3 rings (SSSR count). The average Bonchev–Trinajstić information content (AvgIpc) is 2.88. The molecule has 22 heavy (non-hydrogen) atoms. The van der Waals surface area contributed by atoms with Gasteiger partial charge in [0.15, 0.2) is 5.82 Å². The molecule has 0 bridgehead atoms. The molecule has 2 N–H and O–H groups in total. The number of phenolic OH excluding ortho intramolecular Hbond substituents is 1. The number of nitrogens with zero attached hydrogens (tertiary/aromatic N) is 3. The van der Waals surface area contributed by atoms with E-state index >= 15 is 0 Å². The Morgan fingerprint density at radius 3 is 2.64 bits per heavy atom. The van der Waals surface area contributed by atoms with Crippen LogP contribution in [0, 0.1) is 0 Å². The molecule has 0 aliphatic rings. The van der Waals surface area contributed by atoms with E-state index in [-0.39, 0.29) is 5.75 Å². The van der Waals surface area contributed by atoms with E-state index in [2.05, 4.69) is 15.3 Å². The number of aromatic nitrogens is 3. The van der Waals surface area contributed by atoms with Crippen LogP contribution in [0.3, 0.4) is 0 Å². The minimum atomic E-state index is -0.419. The minimum absolute atomic E-state index is 0.104.